The molecular formula is C55H84O6. The van der Waals surface area contributed by atoms with E-state index in [0.717, 1.165) is 161 Å². The molecule has 12 aliphatic carbocycles. The van der Waals surface area contributed by atoms with E-state index >= 15 is 0 Å². The molecule has 12 saturated carbocycles. The van der Waals surface area contributed by atoms with Crippen molar-refractivity contribution in [2.75, 3.05) is 6.61 Å². The predicted octanol–water partition coefficient (Wildman–Crippen LogP) is 11.1. The number of rotatable bonds is 0. The number of hydrogen-bond donors (Lipinski definition) is 2. The van der Waals surface area contributed by atoms with Crippen LogP contribution in [0.15, 0.2) is 0 Å². The summed E-state index contributed by atoms with van der Waals surface area (Å²) in [6.07, 6.45) is 32.0. The summed E-state index contributed by atoms with van der Waals surface area (Å²) < 4.78 is 6.00. The molecule has 1 saturated heterocycles. The third kappa shape index (κ3) is 7.10. The van der Waals surface area contributed by atoms with E-state index in [1.807, 2.05) is 0 Å². The Kier molecular flexibility index (Phi) is 11.0. The van der Waals surface area contributed by atoms with Crippen LogP contribution < -0.4 is 0 Å². The molecule has 1 heterocycles. The fourth-order valence-corrected chi connectivity index (χ4v) is 20.0. The number of ketones is 3. The molecule has 6 heteroatoms. The zero-order valence-electron chi connectivity index (χ0n) is 38.6. The molecule has 2 N–H and O–H groups in total. The lowest BCUT2D eigenvalue weighted by molar-refractivity contribution is -0.133. The zero-order chi connectivity index (χ0) is 42.1. The molecule has 0 aromatic rings. The number of hydrogen-bond acceptors (Lipinski definition) is 6. The van der Waals surface area contributed by atoms with Crippen LogP contribution in [0.25, 0.3) is 0 Å². The summed E-state index contributed by atoms with van der Waals surface area (Å²) >= 11 is 0. The maximum Gasteiger partial charge on any atom is 0.139 e. The Balaban J connectivity index is 0.000000103. The molecule has 13 fully saturated rings. The Morgan fingerprint density at radius 1 is 0.443 bits per heavy atom. The number of aliphatic hydroxyl groups excluding tert-OH is 2. The van der Waals surface area contributed by atoms with Gasteiger partial charge in [-0.25, -0.2) is 0 Å². The lowest BCUT2D eigenvalue weighted by Crippen LogP contribution is -2.49. The van der Waals surface area contributed by atoms with Crippen molar-refractivity contribution < 1.29 is 29.3 Å². The van der Waals surface area contributed by atoms with Crippen LogP contribution in [-0.4, -0.2) is 52.0 Å². The minimum atomic E-state index is -0.0327. The van der Waals surface area contributed by atoms with E-state index in [2.05, 4.69) is 20.8 Å². The van der Waals surface area contributed by atoms with Crippen molar-refractivity contribution in [1.82, 2.24) is 0 Å². The molecule has 13 rings (SSSR count). The van der Waals surface area contributed by atoms with Crippen LogP contribution in [0.1, 0.15) is 194 Å². The second-order valence-electron chi connectivity index (χ2n) is 25.9. The van der Waals surface area contributed by atoms with Crippen LogP contribution in [0.5, 0.6) is 0 Å². The molecule has 0 radical (unpaired) electrons. The van der Waals surface area contributed by atoms with Crippen LogP contribution in [0, 0.1) is 105 Å². The molecule has 0 amide bonds. The minimum Gasteiger partial charge on any atom is -0.393 e. The molecular weight excluding hydrogens is 757 g/mol. The fourth-order valence-electron chi connectivity index (χ4n) is 20.0. The van der Waals surface area contributed by atoms with Crippen LogP contribution >= 0.6 is 0 Å². The van der Waals surface area contributed by atoms with E-state index in [1.165, 1.54) is 89.9 Å². The highest BCUT2D eigenvalue weighted by molar-refractivity contribution is 5.87. The molecule has 1 aliphatic heterocycles. The zero-order valence-corrected chi connectivity index (χ0v) is 38.6. The number of aliphatic hydroxyl groups is 2. The maximum atomic E-state index is 12.3. The monoisotopic (exact) mass is 841 g/mol. The highest BCUT2D eigenvalue weighted by Crippen LogP contribution is 2.69. The van der Waals surface area contributed by atoms with Gasteiger partial charge in [0.05, 0.1) is 24.4 Å². The lowest BCUT2D eigenvalue weighted by Gasteiger charge is -2.54. The fraction of sp³-hybridized carbons (Fsp3) is 0.945. The molecule has 6 nitrogen and oxygen atoms in total. The molecule has 61 heavy (non-hydrogen) atoms. The van der Waals surface area contributed by atoms with Gasteiger partial charge in [0.25, 0.3) is 0 Å². The van der Waals surface area contributed by atoms with Crippen LogP contribution in [-0.2, 0) is 19.1 Å². The standard InChI is InChI=1S/C19H30O2.C18H28O2.C18H26O2/c1-18-6-4-13-8-14-9-15(20)3-2-12(14)10-16(13)17(18)5-7-19(18)11-21-19;2*1-18-7-6-12-8-13-9-14(19)3-2-11(13)10-15(12)16(18)4-5-17(18)20/h12-17,20H,2-11H2,1H3;11-16,19H,2-10H2,1H3;11-13,15-16H,2-10H2,1H3/t12-,13+,14+,15-,16+,17-,18-,19+;11-,12+,13+,14-,15+,16-,18-;11-,12+,13+,15+,16-,18-/m000/s1. The number of ether oxygens (including phenoxy) is 1. The van der Waals surface area contributed by atoms with E-state index in [0.29, 0.717) is 46.1 Å². The Morgan fingerprint density at radius 2 is 0.918 bits per heavy atom. The van der Waals surface area contributed by atoms with Crippen molar-refractivity contribution in [3.63, 3.8) is 0 Å². The van der Waals surface area contributed by atoms with Gasteiger partial charge < -0.3 is 14.9 Å². The van der Waals surface area contributed by atoms with Gasteiger partial charge in [-0.3, -0.25) is 14.4 Å². The predicted molar refractivity (Wildman–Crippen MR) is 237 cm³/mol. The first-order valence-electron chi connectivity index (χ1n) is 26.9. The van der Waals surface area contributed by atoms with E-state index in [4.69, 9.17) is 4.74 Å². The normalized spacial score (nSPS) is 56.2. The maximum absolute atomic E-state index is 12.3. The molecule has 340 valence electrons. The highest BCUT2D eigenvalue weighted by Gasteiger charge is 2.69. The Bertz CT molecular complexity index is 1700. The highest BCUT2D eigenvalue weighted by atomic mass is 16.6. The molecule has 1 spiro atoms. The van der Waals surface area contributed by atoms with Crippen LogP contribution in [0.2, 0.25) is 0 Å². The van der Waals surface area contributed by atoms with Crippen molar-refractivity contribution in [3.05, 3.63) is 0 Å². The minimum absolute atomic E-state index is 0.00581. The smallest absolute Gasteiger partial charge is 0.139 e. The van der Waals surface area contributed by atoms with Gasteiger partial charge in [-0.15, -0.1) is 0 Å². The van der Waals surface area contributed by atoms with Crippen molar-refractivity contribution in [2.45, 2.75) is 212 Å². The van der Waals surface area contributed by atoms with Gasteiger partial charge in [0.1, 0.15) is 17.3 Å². The summed E-state index contributed by atoms with van der Waals surface area (Å²) in [6, 6.07) is 0. The van der Waals surface area contributed by atoms with Gasteiger partial charge in [0.2, 0.25) is 0 Å². The van der Waals surface area contributed by atoms with Gasteiger partial charge in [-0.2, -0.15) is 0 Å². The van der Waals surface area contributed by atoms with Crippen molar-refractivity contribution >= 4 is 17.3 Å². The third-order valence-electron chi connectivity index (χ3n) is 23.7. The Labute approximate surface area is 369 Å². The molecule has 13 aliphatic rings. The summed E-state index contributed by atoms with van der Waals surface area (Å²) in [7, 11) is 0. The average molecular weight is 841 g/mol. The summed E-state index contributed by atoms with van der Waals surface area (Å²) in [4.78, 5) is 36.3. The van der Waals surface area contributed by atoms with E-state index in [-0.39, 0.29) is 23.0 Å². The van der Waals surface area contributed by atoms with Gasteiger partial charge in [-0.1, -0.05) is 20.8 Å². The van der Waals surface area contributed by atoms with E-state index < -0.39 is 0 Å². The summed E-state index contributed by atoms with van der Waals surface area (Å²) in [6.45, 7) is 8.12. The largest absolute Gasteiger partial charge is 0.393 e. The van der Waals surface area contributed by atoms with Crippen molar-refractivity contribution in [1.29, 1.82) is 0 Å². The van der Waals surface area contributed by atoms with Crippen LogP contribution in [0.4, 0.5) is 0 Å². The Morgan fingerprint density at radius 3 is 1.44 bits per heavy atom. The average Bonchev–Trinajstić information content (AvgIpc) is 3.80. The molecule has 21 atom stereocenters. The van der Waals surface area contributed by atoms with Gasteiger partial charge in [-0.05, 0) is 236 Å². The molecule has 0 bridgehead atoms. The number of carbonyl (C=O) groups is 3. The summed E-state index contributed by atoms with van der Waals surface area (Å²) in [5.74, 6) is 13.9. The first-order valence-corrected chi connectivity index (χ1v) is 26.9. The number of Topliss-reactive ketones (excluding diaryl/α,β-unsaturated/α-hetero) is 3. The van der Waals surface area contributed by atoms with Gasteiger partial charge in [0.15, 0.2) is 0 Å². The number of epoxide rings is 1. The van der Waals surface area contributed by atoms with Crippen molar-refractivity contribution in [3.8, 4) is 0 Å². The molecule has 0 unspecified atom stereocenters. The topological polar surface area (TPSA) is 104 Å². The lowest BCUT2D eigenvalue weighted by atomic mass is 9.51. The van der Waals surface area contributed by atoms with Gasteiger partial charge in [0, 0.05) is 41.9 Å². The molecule has 0 aromatic heterocycles. The number of carbonyl (C=O) groups excluding carboxylic acids is 3. The summed E-state index contributed by atoms with van der Waals surface area (Å²) in [5, 5.41) is 19.9. The van der Waals surface area contributed by atoms with Crippen LogP contribution in [0.3, 0.4) is 0 Å². The van der Waals surface area contributed by atoms with Crippen molar-refractivity contribution in [2.24, 2.45) is 105 Å². The molecule has 0 aromatic carbocycles. The van der Waals surface area contributed by atoms with E-state index in [9.17, 15) is 24.6 Å². The summed E-state index contributed by atoms with van der Waals surface area (Å²) in [5.41, 5.74) is 0.845. The van der Waals surface area contributed by atoms with Gasteiger partial charge >= 0.3 is 0 Å². The SMILES string of the molecule is C[C@]12CC[C@@H]3C[C@@H]4CC(=O)CC[C@H]4C[C@H]3[C@@H]1CCC2=O.C[C@]12CC[C@@H]3C[C@@H]4C[C@@H](O)CC[C@H]4C[C@H]3[C@@H]1CCC2=O.C[C@]12CC[C@@H]3C[C@@H]4C[C@@H](O)CC[C@H]4C[C@H]3[C@@H]1CC[C@@]21CO1. The number of fused-ring (bicyclic) bond motifs is 13. The first kappa shape index (κ1) is 42.5. The Hall–Kier alpha value is -1.11. The second kappa shape index (κ2) is 15.8. The second-order valence-corrected chi connectivity index (χ2v) is 25.9. The van der Waals surface area contributed by atoms with E-state index in [1.54, 1.807) is 0 Å². The quantitative estimate of drug-likeness (QED) is 0.235. The third-order valence-corrected chi connectivity index (χ3v) is 23.7. The first-order chi connectivity index (χ1) is 29.3.